The van der Waals surface area contributed by atoms with Crippen molar-refractivity contribution < 1.29 is 0 Å². The van der Waals surface area contributed by atoms with Gasteiger partial charge in [0.25, 0.3) is 0 Å². The van der Waals surface area contributed by atoms with Crippen molar-refractivity contribution in [2.24, 2.45) is 17.8 Å². The van der Waals surface area contributed by atoms with E-state index < -0.39 is 11.1 Å². The molecule has 7 heteroatoms. The first-order valence-corrected chi connectivity index (χ1v) is 9.66. The minimum Gasteiger partial charge on any atom is -0.306 e. The summed E-state index contributed by atoms with van der Waals surface area (Å²) in [5, 5.41) is 8.41. The van der Waals surface area contributed by atoms with Crippen molar-refractivity contribution >= 4 is 0 Å². The topological polar surface area (TPSA) is 82.7 Å². The highest BCUT2D eigenvalue weighted by Crippen LogP contribution is 2.60. The molecule has 28 heavy (non-hydrogen) atoms. The molecule has 0 amide bonds. The zero-order chi connectivity index (χ0) is 19.3. The molecule has 0 aromatic carbocycles. The lowest BCUT2D eigenvalue weighted by atomic mass is 10.1. The Kier molecular flexibility index (Phi) is 3.96. The van der Waals surface area contributed by atoms with E-state index >= 15 is 0 Å². The first-order valence-electron chi connectivity index (χ1n) is 9.66. The molecule has 3 heterocycles. The summed E-state index contributed by atoms with van der Waals surface area (Å²) >= 11 is 0. The normalized spacial score (nSPS) is 25.5. The second kappa shape index (κ2) is 6.51. The molecule has 0 spiro atoms. The highest BCUT2D eigenvalue weighted by molar-refractivity contribution is 5.56. The van der Waals surface area contributed by atoms with Gasteiger partial charge in [0.1, 0.15) is 0 Å². The van der Waals surface area contributed by atoms with Crippen LogP contribution in [0.5, 0.6) is 0 Å². The lowest BCUT2D eigenvalue weighted by Crippen LogP contribution is -2.42. The fraction of sp³-hybridized carbons (Fsp3) is 0.381. The number of rotatable bonds is 4. The van der Waals surface area contributed by atoms with E-state index in [1.54, 1.807) is 29.4 Å². The molecule has 0 radical (unpaired) electrons. The number of hydrogen-bond donors (Lipinski definition) is 0. The quantitative estimate of drug-likeness (QED) is 0.653. The second-order valence-corrected chi connectivity index (χ2v) is 7.91. The van der Waals surface area contributed by atoms with E-state index in [1.165, 1.54) is 4.57 Å². The van der Waals surface area contributed by atoms with E-state index in [1.807, 2.05) is 24.3 Å². The fourth-order valence-corrected chi connectivity index (χ4v) is 4.59. The molecule has 3 aromatic rings. The van der Waals surface area contributed by atoms with Gasteiger partial charge < -0.3 is 9.13 Å². The SMILES string of the molecule is CC1C2CC(n3ccn(Cc4ccc(-c5cccnc5)nn4)c(=O)c3=O)CC12. The summed E-state index contributed by atoms with van der Waals surface area (Å²) in [4.78, 5) is 29.2. The molecular formula is C21H21N5O2. The van der Waals surface area contributed by atoms with Gasteiger partial charge >= 0.3 is 11.1 Å². The molecule has 2 unspecified atom stereocenters. The van der Waals surface area contributed by atoms with E-state index in [2.05, 4.69) is 22.1 Å². The molecule has 0 aliphatic heterocycles. The highest BCUT2D eigenvalue weighted by Gasteiger charge is 2.53. The standard InChI is InChI=1S/C21H21N5O2/c1-13-17-9-16(10-18(13)17)26-8-7-25(20(27)21(26)28)12-15-4-5-19(24-23-15)14-3-2-6-22-11-14/h2-8,11,13,16-18H,9-10,12H2,1H3. The molecule has 3 aromatic heterocycles. The summed E-state index contributed by atoms with van der Waals surface area (Å²) in [6, 6.07) is 7.58. The van der Waals surface area contributed by atoms with E-state index in [9.17, 15) is 9.59 Å². The summed E-state index contributed by atoms with van der Waals surface area (Å²) in [7, 11) is 0. The maximum absolute atomic E-state index is 12.6. The van der Waals surface area contributed by atoms with Crippen molar-refractivity contribution in [3.05, 3.63) is 75.5 Å². The van der Waals surface area contributed by atoms with E-state index in [4.69, 9.17) is 0 Å². The fourth-order valence-electron chi connectivity index (χ4n) is 4.59. The predicted molar refractivity (Wildman–Crippen MR) is 104 cm³/mol. The second-order valence-electron chi connectivity index (χ2n) is 7.91. The van der Waals surface area contributed by atoms with Crippen LogP contribution in [-0.4, -0.2) is 24.3 Å². The molecule has 5 rings (SSSR count). The predicted octanol–water partition coefficient (Wildman–Crippen LogP) is 2.13. The van der Waals surface area contributed by atoms with Crippen LogP contribution in [0.1, 0.15) is 31.5 Å². The van der Waals surface area contributed by atoms with Crippen LogP contribution in [0.4, 0.5) is 0 Å². The van der Waals surface area contributed by atoms with E-state index in [0.29, 0.717) is 11.4 Å². The van der Waals surface area contributed by atoms with Crippen LogP contribution in [0.15, 0.2) is 58.6 Å². The maximum Gasteiger partial charge on any atom is 0.316 e. The van der Waals surface area contributed by atoms with Gasteiger partial charge in [0.15, 0.2) is 0 Å². The minimum absolute atomic E-state index is 0.166. The van der Waals surface area contributed by atoms with Gasteiger partial charge in [-0.15, -0.1) is 0 Å². The lowest BCUT2D eigenvalue weighted by molar-refractivity contribution is 0.419. The van der Waals surface area contributed by atoms with Crippen LogP contribution >= 0.6 is 0 Å². The van der Waals surface area contributed by atoms with Gasteiger partial charge in [0.2, 0.25) is 0 Å². The van der Waals surface area contributed by atoms with Crippen LogP contribution in [0.2, 0.25) is 0 Å². The van der Waals surface area contributed by atoms with Crippen molar-refractivity contribution in [1.29, 1.82) is 0 Å². The van der Waals surface area contributed by atoms with Crippen molar-refractivity contribution in [2.45, 2.75) is 32.4 Å². The third-order valence-electron chi connectivity index (χ3n) is 6.34. The first-order chi connectivity index (χ1) is 13.6. The van der Waals surface area contributed by atoms with Gasteiger partial charge in [-0.25, -0.2) is 0 Å². The monoisotopic (exact) mass is 375 g/mol. The molecule has 2 fully saturated rings. The Bertz CT molecular complexity index is 1110. The summed E-state index contributed by atoms with van der Waals surface area (Å²) in [6.07, 6.45) is 8.89. The minimum atomic E-state index is -0.505. The number of fused-ring (bicyclic) bond motifs is 1. The summed E-state index contributed by atoms with van der Waals surface area (Å²) in [5.41, 5.74) is 1.28. The smallest absolute Gasteiger partial charge is 0.306 e. The third-order valence-corrected chi connectivity index (χ3v) is 6.34. The third kappa shape index (κ3) is 2.87. The molecule has 0 bridgehead atoms. The highest BCUT2D eigenvalue weighted by atomic mass is 16.2. The Balaban J connectivity index is 1.35. The average molecular weight is 375 g/mol. The Labute approximate surface area is 161 Å². The zero-order valence-electron chi connectivity index (χ0n) is 15.6. The molecule has 0 N–H and O–H groups in total. The van der Waals surface area contributed by atoms with Crippen LogP contribution in [0.25, 0.3) is 11.3 Å². The average Bonchev–Trinajstić information content (AvgIpc) is 3.13. The van der Waals surface area contributed by atoms with Crippen LogP contribution in [-0.2, 0) is 6.54 Å². The van der Waals surface area contributed by atoms with Gasteiger partial charge in [-0.2, -0.15) is 10.2 Å². The van der Waals surface area contributed by atoms with Crippen LogP contribution < -0.4 is 11.1 Å². The van der Waals surface area contributed by atoms with Gasteiger partial charge in [-0.05, 0) is 54.9 Å². The molecule has 2 saturated carbocycles. The van der Waals surface area contributed by atoms with Crippen LogP contribution in [0, 0.1) is 17.8 Å². The molecule has 2 aliphatic carbocycles. The summed E-state index contributed by atoms with van der Waals surface area (Å²) in [6.45, 7) is 2.50. The molecular weight excluding hydrogens is 354 g/mol. The maximum atomic E-state index is 12.6. The van der Waals surface area contributed by atoms with E-state index in [0.717, 1.165) is 36.2 Å². The van der Waals surface area contributed by atoms with Crippen LogP contribution in [0.3, 0.4) is 0 Å². The first kappa shape index (κ1) is 17.0. The van der Waals surface area contributed by atoms with Crippen molar-refractivity contribution in [3.8, 4) is 11.3 Å². The lowest BCUT2D eigenvalue weighted by Gasteiger charge is -2.17. The molecule has 7 nitrogen and oxygen atoms in total. The van der Waals surface area contributed by atoms with Gasteiger partial charge in [-0.1, -0.05) is 6.92 Å². The number of nitrogens with zero attached hydrogens (tertiary/aromatic N) is 5. The number of aromatic nitrogens is 5. The Morgan fingerprint density at radius 1 is 1.04 bits per heavy atom. The van der Waals surface area contributed by atoms with Crippen molar-refractivity contribution in [2.75, 3.05) is 0 Å². The number of hydrogen-bond acceptors (Lipinski definition) is 5. The Hall–Kier alpha value is -3.09. The Morgan fingerprint density at radius 3 is 2.54 bits per heavy atom. The Morgan fingerprint density at radius 2 is 1.86 bits per heavy atom. The van der Waals surface area contributed by atoms with Gasteiger partial charge in [-0.3, -0.25) is 14.6 Å². The molecule has 2 atom stereocenters. The molecule has 142 valence electrons. The van der Waals surface area contributed by atoms with Crippen molar-refractivity contribution in [1.82, 2.24) is 24.3 Å². The largest absolute Gasteiger partial charge is 0.316 e. The van der Waals surface area contributed by atoms with Gasteiger partial charge in [0.05, 0.1) is 17.9 Å². The summed E-state index contributed by atoms with van der Waals surface area (Å²) < 4.78 is 3.04. The van der Waals surface area contributed by atoms with Crippen molar-refractivity contribution in [3.63, 3.8) is 0 Å². The zero-order valence-corrected chi connectivity index (χ0v) is 15.6. The molecule has 2 aliphatic rings. The summed E-state index contributed by atoms with van der Waals surface area (Å²) in [5.74, 6) is 2.24. The molecule has 0 saturated heterocycles. The number of pyridine rings is 1. The van der Waals surface area contributed by atoms with Gasteiger partial charge in [0, 0.05) is 36.4 Å². The van der Waals surface area contributed by atoms with E-state index in [-0.39, 0.29) is 12.6 Å².